The molecular weight excluding hydrogens is 208 g/mol. The molecule has 0 saturated heterocycles. The van der Waals surface area contributed by atoms with Crippen LogP contribution in [0.5, 0.6) is 0 Å². The molecule has 1 aliphatic rings. The maximum absolute atomic E-state index is 11.6. The topological polar surface area (TPSA) is 42.9 Å². The van der Waals surface area contributed by atoms with E-state index in [0.29, 0.717) is 18.1 Å². The Hall–Kier alpha value is -0.770. The van der Waals surface area contributed by atoms with Gasteiger partial charge >= 0.3 is 0 Å². The summed E-state index contributed by atoms with van der Waals surface area (Å²) < 4.78 is 4.30. The van der Waals surface area contributed by atoms with Gasteiger partial charge in [0.1, 0.15) is 16.6 Å². The van der Waals surface area contributed by atoms with Crippen molar-refractivity contribution in [3.63, 3.8) is 0 Å². The summed E-state index contributed by atoms with van der Waals surface area (Å²) in [7, 11) is 0. The summed E-state index contributed by atoms with van der Waals surface area (Å²) in [5, 5.41) is 0.872. The van der Waals surface area contributed by atoms with Crippen molar-refractivity contribution in [3.8, 4) is 0 Å². The standard InChI is InChI=1S/C11H16N2OS/c1-11(2,3)10-12-9(15-13-10)6-8(14)7-4-5-7/h7H,4-6H2,1-3H3. The molecule has 0 radical (unpaired) electrons. The molecule has 1 aromatic heterocycles. The van der Waals surface area contributed by atoms with Crippen molar-refractivity contribution in [1.82, 2.24) is 9.36 Å². The predicted molar refractivity (Wildman–Crippen MR) is 60.0 cm³/mol. The summed E-state index contributed by atoms with van der Waals surface area (Å²) in [5.41, 5.74) is -0.0165. The van der Waals surface area contributed by atoms with Gasteiger partial charge in [-0.05, 0) is 24.4 Å². The Morgan fingerprint density at radius 3 is 2.60 bits per heavy atom. The molecule has 0 aliphatic heterocycles. The minimum absolute atomic E-state index is 0.0165. The highest BCUT2D eigenvalue weighted by Gasteiger charge is 2.30. The molecule has 3 nitrogen and oxygen atoms in total. The van der Waals surface area contributed by atoms with Gasteiger partial charge in [-0.1, -0.05) is 20.8 Å². The van der Waals surface area contributed by atoms with E-state index in [4.69, 9.17) is 0 Å². The summed E-state index contributed by atoms with van der Waals surface area (Å²) in [5.74, 6) is 1.52. The maximum Gasteiger partial charge on any atom is 0.147 e. The molecule has 0 N–H and O–H groups in total. The molecular formula is C11H16N2OS. The van der Waals surface area contributed by atoms with Crippen molar-refractivity contribution in [3.05, 3.63) is 10.8 Å². The Labute approximate surface area is 94.1 Å². The first kappa shape index (κ1) is 10.7. The third-order valence-electron chi connectivity index (χ3n) is 2.50. The number of aromatic nitrogens is 2. The largest absolute Gasteiger partial charge is 0.299 e. The van der Waals surface area contributed by atoms with Crippen LogP contribution in [0.15, 0.2) is 0 Å². The summed E-state index contributed by atoms with van der Waals surface area (Å²) in [6.07, 6.45) is 2.63. The fourth-order valence-electron chi connectivity index (χ4n) is 1.33. The van der Waals surface area contributed by atoms with Gasteiger partial charge in [-0.2, -0.15) is 4.37 Å². The Morgan fingerprint density at radius 1 is 1.47 bits per heavy atom. The molecule has 2 rings (SSSR count). The van der Waals surface area contributed by atoms with Crippen molar-refractivity contribution >= 4 is 17.3 Å². The smallest absolute Gasteiger partial charge is 0.147 e. The zero-order valence-corrected chi connectivity index (χ0v) is 10.2. The first-order valence-corrected chi connectivity index (χ1v) is 6.10. The van der Waals surface area contributed by atoms with Crippen LogP contribution in [0.2, 0.25) is 0 Å². The predicted octanol–water partition coefficient (Wildman–Crippen LogP) is 2.36. The number of Topliss-reactive ketones (excluding diaryl/α,β-unsaturated/α-hetero) is 1. The van der Waals surface area contributed by atoms with Gasteiger partial charge in [0.15, 0.2) is 0 Å². The molecule has 1 heterocycles. The van der Waals surface area contributed by atoms with Crippen LogP contribution < -0.4 is 0 Å². The molecule has 82 valence electrons. The molecule has 0 aromatic carbocycles. The number of hydrogen-bond acceptors (Lipinski definition) is 4. The number of carbonyl (C=O) groups excluding carboxylic acids is 1. The summed E-state index contributed by atoms with van der Waals surface area (Å²) in [4.78, 5) is 16.0. The quantitative estimate of drug-likeness (QED) is 0.791. The minimum atomic E-state index is -0.0165. The second-order valence-electron chi connectivity index (χ2n) is 5.18. The average molecular weight is 224 g/mol. The third kappa shape index (κ3) is 2.62. The molecule has 1 aromatic rings. The fraction of sp³-hybridized carbons (Fsp3) is 0.727. The number of rotatable bonds is 3. The molecule has 15 heavy (non-hydrogen) atoms. The van der Waals surface area contributed by atoms with Crippen LogP contribution in [0.4, 0.5) is 0 Å². The van der Waals surface area contributed by atoms with Crippen LogP contribution in [-0.2, 0) is 16.6 Å². The normalized spacial score (nSPS) is 16.7. The second kappa shape index (κ2) is 3.67. The number of ketones is 1. The van der Waals surface area contributed by atoms with E-state index >= 15 is 0 Å². The highest BCUT2D eigenvalue weighted by Crippen LogP contribution is 2.31. The van der Waals surface area contributed by atoms with Crippen molar-refractivity contribution in [2.45, 2.75) is 45.4 Å². The summed E-state index contributed by atoms with van der Waals surface area (Å²) >= 11 is 1.37. The van der Waals surface area contributed by atoms with Crippen LogP contribution >= 0.6 is 11.5 Å². The number of carbonyl (C=O) groups is 1. The van der Waals surface area contributed by atoms with E-state index in [9.17, 15) is 4.79 Å². The molecule has 0 spiro atoms. The molecule has 0 atom stereocenters. The van der Waals surface area contributed by atoms with Crippen LogP contribution in [0, 0.1) is 5.92 Å². The van der Waals surface area contributed by atoms with Crippen LogP contribution in [0.1, 0.15) is 44.4 Å². The Morgan fingerprint density at radius 2 is 2.13 bits per heavy atom. The second-order valence-corrected chi connectivity index (χ2v) is 6.02. The van der Waals surface area contributed by atoms with Crippen LogP contribution in [0.25, 0.3) is 0 Å². The molecule has 0 bridgehead atoms. The van der Waals surface area contributed by atoms with Crippen molar-refractivity contribution in [2.24, 2.45) is 5.92 Å². The SMILES string of the molecule is CC(C)(C)c1nsc(CC(=O)C2CC2)n1. The lowest BCUT2D eigenvalue weighted by Crippen LogP contribution is -2.13. The van der Waals surface area contributed by atoms with Gasteiger partial charge in [-0.3, -0.25) is 4.79 Å². The molecule has 1 fully saturated rings. The first-order valence-electron chi connectivity index (χ1n) is 5.32. The van der Waals surface area contributed by atoms with Crippen molar-refractivity contribution in [1.29, 1.82) is 0 Å². The highest BCUT2D eigenvalue weighted by atomic mass is 32.1. The van der Waals surface area contributed by atoms with Gasteiger partial charge in [0.05, 0.1) is 6.42 Å². The maximum atomic E-state index is 11.6. The minimum Gasteiger partial charge on any atom is -0.299 e. The summed E-state index contributed by atoms with van der Waals surface area (Å²) in [6.45, 7) is 6.25. The lowest BCUT2D eigenvalue weighted by molar-refractivity contribution is -0.119. The Kier molecular flexibility index (Phi) is 2.63. The molecule has 1 aliphatic carbocycles. The highest BCUT2D eigenvalue weighted by molar-refractivity contribution is 7.05. The Balaban J connectivity index is 2.03. The van der Waals surface area contributed by atoms with Gasteiger partial charge in [0.25, 0.3) is 0 Å². The number of nitrogens with zero attached hydrogens (tertiary/aromatic N) is 2. The number of hydrogen-bond donors (Lipinski definition) is 0. The monoisotopic (exact) mass is 224 g/mol. The first-order chi connectivity index (χ1) is 6.97. The van der Waals surface area contributed by atoms with E-state index < -0.39 is 0 Å². The Bertz CT molecular complexity index is 374. The lowest BCUT2D eigenvalue weighted by atomic mass is 9.96. The van der Waals surface area contributed by atoms with Crippen LogP contribution in [0.3, 0.4) is 0 Å². The van der Waals surface area contributed by atoms with Crippen molar-refractivity contribution in [2.75, 3.05) is 0 Å². The van der Waals surface area contributed by atoms with Gasteiger partial charge in [-0.25, -0.2) is 4.98 Å². The van der Waals surface area contributed by atoms with E-state index in [1.807, 2.05) is 0 Å². The van der Waals surface area contributed by atoms with Crippen LogP contribution in [-0.4, -0.2) is 15.1 Å². The molecule has 0 amide bonds. The average Bonchev–Trinajstić information content (AvgIpc) is 2.86. The molecule has 1 saturated carbocycles. The lowest BCUT2D eigenvalue weighted by Gasteiger charge is -2.12. The van der Waals surface area contributed by atoms with E-state index in [1.165, 1.54) is 11.5 Å². The summed E-state index contributed by atoms with van der Waals surface area (Å²) in [6, 6.07) is 0. The van der Waals surface area contributed by atoms with Gasteiger partial charge in [0.2, 0.25) is 0 Å². The van der Waals surface area contributed by atoms with E-state index in [2.05, 4.69) is 30.1 Å². The van der Waals surface area contributed by atoms with E-state index in [-0.39, 0.29) is 5.41 Å². The van der Waals surface area contributed by atoms with E-state index in [0.717, 1.165) is 23.7 Å². The fourth-order valence-corrected chi connectivity index (χ4v) is 2.17. The van der Waals surface area contributed by atoms with Gasteiger partial charge in [-0.15, -0.1) is 0 Å². The van der Waals surface area contributed by atoms with E-state index in [1.54, 1.807) is 0 Å². The van der Waals surface area contributed by atoms with Gasteiger partial charge < -0.3 is 0 Å². The van der Waals surface area contributed by atoms with Crippen molar-refractivity contribution < 1.29 is 4.79 Å². The zero-order valence-electron chi connectivity index (χ0n) is 9.41. The molecule has 4 heteroatoms. The molecule has 0 unspecified atom stereocenters. The zero-order chi connectivity index (χ0) is 11.1. The van der Waals surface area contributed by atoms with Gasteiger partial charge in [0, 0.05) is 11.3 Å². The third-order valence-corrected chi connectivity index (χ3v) is 3.21.